The Hall–Kier alpha value is -3.27. The second-order valence-corrected chi connectivity index (χ2v) is 12.7. The van der Waals surface area contributed by atoms with Crippen molar-refractivity contribution in [2.75, 3.05) is 60.3 Å². The number of rotatable bonds is 18. The number of nitrogens with zero attached hydrogens (tertiary/aromatic N) is 3. The second kappa shape index (κ2) is 19.1. The molecule has 3 N–H and O–H groups in total. The molecule has 2 aromatic heterocycles. The van der Waals surface area contributed by atoms with E-state index in [4.69, 9.17) is 23.5 Å². The molecule has 0 bridgehead atoms. The predicted octanol–water partition coefficient (Wildman–Crippen LogP) is 3.75. The minimum Gasteiger partial charge on any atom is -0.496 e. The number of aliphatic hydroxyl groups excluding tert-OH is 1. The first kappa shape index (κ1) is 39.2. The summed E-state index contributed by atoms with van der Waals surface area (Å²) >= 11 is 1.55. The third-order valence-electron chi connectivity index (χ3n) is 8.02. The number of carbonyl (C=O) groups excluding carboxylic acids is 2. The number of methoxy groups -OCH3 is 1. The van der Waals surface area contributed by atoms with Gasteiger partial charge in [-0.25, -0.2) is 4.98 Å². The largest absolute Gasteiger partial charge is 0.496 e. The lowest BCUT2D eigenvalue weighted by molar-refractivity contribution is -0.141. The number of aliphatic hydroxyl groups is 1. The standard InChI is InChI=1S/C33H47N5O8S.ClH/c1-20(2)30(28-17-29(37-46-28)45-14-13-44-12-11-43-10-9-34-5)33(41)38-18-24(39)16-26(38)32(40)36-21(3)25-8-7-23(15-27(25)42-6)31-22(4)35-19-47-31;/h7-8,15,17,19-21,24,26,30,34,39H,9-14,16,18H2,1-6H3,(H,36,40);1H/t21-,24+,26-,30?;/m0./s1. The number of amides is 2. The third-order valence-corrected chi connectivity index (χ3v) is 9.00. The Kier molecular flexibility index (Phi) is 15.6. The number of aromatic nitrogens is 2. The summed E-state index contributed by atoms with van der Waals surface area (Å²) in [6.45, 7) is 10.6. The summed E-state index contributed by atoms with van der Waals surface area (Å²) in [5.41, 5.74) is 4.52. The Morgan fingerprint density at radius 2 is 1.85 bits per heavy atom. The first-order valence-corrected chi connectivity index (χ1v) is 16.8. The summed E-state index contributed by atoms with van der Waals surface area (Å²) in [4.78, 5) is 34.4. The maximum Gasteiger partial charge on any atom is 0.254 e. The zero-order valence-electron chi connectivity index (χ0n) is 28.4. The molecule has 1 aromatic carbocycles. The third kappa shape index (κ3) is 10.1. The average Bonchev–Trinajstić information content (AvgIpc) is 3.79. The van der Waals surface area contributed by atoms with Crippen LogP contribution in [0.15, 0.2) is 34.3 Å². The van der Waals surface area contributed by atoms with E-state index in [9.17, 15) is 14.7 Å². The van der Waals surface area contributed by atoms with Gasteiger partial charge in [-0.05, 0) is 43.6 Å². The number of ether oxygens (including phenoxy) is 4. The topological polar surface area (TPSA) is 158 Å². The molecular formula is C33H48ClN5O8S. The number of hydrogen-bond donors (Lipinski definition) is 3. The molecule has 15 heteroatoms. The van der Waals surface area contributed by atoms with E-state index in [1.165, 1.54) is 4.90 Å². The van der Waals surface area contributed by atoms with Crippen molar-refractivity contribution in [1.29, 1.82) is 0 Å². The van der Waals surface area contributed by atoms with Gasteiger partial charge in [0.25, 0.3) is 5.88 Å². The van der Waals surface area contributed by atoms with Crippen LogP contribution >= 0.6 is 23.7 Å². The van der Waals surface area contributed by atoms with Gasteiger partial charge in [-0.2, -0.15) is 0 Å². The molecule has 1 aliphatic heterocycles. The Labute approximate surface area is 292 Å². The lowest BCUT2D eigenvalue weighted by Crippen LogP contribution is -2.48. The number of aryl methyl sites for hydroxylation is 1. The molecule has 13 nitrogen and oxygen atoms in total. The summed E-state index contributed by atoms with van der Waals surface area (Å²) in [7, 11) is 3.46. The van der Waals surface area contributed by atoms with Gasteiger partial charge in [0.05, 0.1) is 61.8 Å². The Bertz CT molecular complexity index is 1450. The molecule has 0 aliphatic carbocycles. The average molecular weight is 710 g/mol. The van der Waals surface area contributed by atoms with Gasteiger partial charge in [0.15, 0.2) is 5.76 Å². The summed E-state index contributed by atoms with van der Waals surface area (Å²) < 4.78 is 27.8. The van der Waals surface area contributed by atoms with Crippen LogP contribution in [0.25, 0.3) is 10.4 Å². The zero-order valence-corrected chi connectivity index (χ0v) is 30.0. The van der Waals surface area contributed by atoms with E-state index in [1.807, 2.05) is 52.9 Å². The van der Waals surface area contributed by atoms with Crippen molar-refractivity contribution >= 4 is 35.6 Å². The van der Waals surface area contributed by atoms with Gasteiger partial charge >= 0.3 is 0 Å². The Morgan fingerprint density at radius 1 is 1.12 bits per heavy atom. The minimum atomic E-state index is -0.857. The number of nitrogens with one attached hydrogen (secondary N) is 2. The first-order valence-electron chi connectivity index (χ1n) is 15.9. The Balaban J connectivity index is 0.00000625. The van der Waals surface area contributed by atoms with E-state index < -0.39 is 24.1 Å². The molecule has 0 spiro atoms. The molecular weight excluding hydrogens is 662 g/mol. The summed E-state index contributed by atoms with van der Waals surface area (Å²) in [6, 6.07) is 6.16. The number of thiazole rings is 1. The number of carbonyl (C=O) groups is 2. The van der Waals surface area contributed by atoms with Crippen LogP contribution in [0.1, 0.15) is 56.2 Å². The zero-order chi connectivity index (χ0) is 33.9. The van der Waals surface area contributed by atoms with Gasteiger partial charge in [-0.1, -0.05) is 26.0 Å². The molecule has 2 amide bonds. The smallest absolute Gasteiger partial charge is 0.254 e. The molecule has 3 heterocycles. The normalized spacial score (nSPS) is 17.2. The van der Waals surface area contributed by atoms with E-state index in [2.05, 4.69) is 20.8 Å². The van der Waals surface area contributed by atoms with Crippen molar-refractivity contribution in [3.8, 4) is 22.1 Å². The van der Waals surface area contributed by atoms with Crippen LogP contribution in [-0.2, 0) is 19.1 Å². The number of β-amino-alcohol motifs (C(OH)–C–C–N with tert-alkyl or cyclic N) is 1. The van der Waals surface area contributed by atoms with Gasteiger partial charge < -0.3 is 44.1 Å². The molecule has 4 atom stereocenters. The van der Waals surface area contributed by atoms with Gasteiger partial charge in [-0.15, -0.1) is 23.7 Å². The minimum absolute atomic E-state index is 0. The SMILES string of the molecule is CNCCOCCOCCOc1cc(C(C(=O)N2C[C@H](O)C[C@H]2C(=O)N[C@@H](C)c2ccc(-c3scnc3C)cc2OC)C(C)C)on1.Cl. The molecule has 1 saturated heterocycles. The fourth-order valence-electron chi connectivity index (χ4n) is 5.58. The van der Waals surface area contributed by atoms with Gasteiger partial charge in [0, 0.05) is 31.1 Å². The van der Waals surface area contributed by atoms with E-state index >= 15 is 0 Å². The van der Waals surface area contributed by atoms with Gasteiger partial charge in [0.2, 0.25) is 11.8 Å². The molecule has 0 radical (unpaired) electrons. The molecule has 48 heavy (non-hydrogen) atoms. The highest BCUT2D eigenvalue weighted by Crippen LogP contribution is 2.35. The quantitative estimate of drug-likeness (QED) is 0.165. The van der Waals surface area contributed by atoms with Gasteiger partial charge in [0.1, 0.15) is 24.3 Å². The number of likely N-dealkylation sites (tertiary alicyclic amines) is 1. The lowest BCUT2D eigenvalue weighted by atomic mass is 9.91. The van der Waals surface area contributed by atoms with Crippen LogP contribution in [0.5, 0.6) is 11.6 Å². The number of halogens is 1. The number of hydrogen-bond acceptors (Lipinski definition) is 12. The van der Waals surface area contributed by atoms with Crippen LogP contribution in [0.3, 0.4) is 0 Å². The van der Waals surface area contributed by atoms with E-state index in [-0.39, 0.29) is 55.6 Å². The number of benzene rings is 1. The lowest BCUT2D eigenvalue weighted by Gasteiger charge is -2.29. The van der Waals surface area contributed by atoms with E-state index in [1.54, 1.807) is 30.0 Å². The van der Waals surface area contributed by atoms with Crippen LogP contribution in [0.4, 0.5) is 0 Å². The van der Waals surface area contributed by atoms with Crippen molar-refractivity contribution in [3.05, 3.63) is 46.8 Å². The van der Waals surface area contributed by atoms with Crippen LogP contribution < -0.4 is 20.1 Å². The maximum atomic E-state index is 14.0. The van der Waals surface area contributed by atoms with E-state index in [0.717, 1.165) is 28.2 Å². The molecule has 266 valence electrons. The molecule has 1 unspecified atom stereocenters. The highest BCUT2D eigenvalue weighted by atomic mass is 35.5. The summed E-state index contributed by atoms with van der Waals surface area (Å²) in [5, 5.41) is 20.6. The van der Waals surface area contributed by atoms with Crippen molar-refractivity contribution < 1.29 is 38.2 Å². The summed E-state index contributed by atoms with van der Waals surface area (Å²) in [5.74, 6) is -0.395. The highest BCUT2D eigenvalue weighted by Gasteiger charge is 2.43. The Morgan fingerprint density at radius 3 is 2.52 bits per heavy atom. The van der Waals surface area contributed by atoms with Crippen LogP contribution in [0, 0.1) is 12.8 Å². The predicted molar refractivity (Wildman–Crippen MR) is 184 cm³/mol. The summed E-state index contributed by atoms with van der Waals surface area (Å²) in [6.07, 6.45) is -0.710. The molecule has 1 aliphatic rings. The molecule has 4 rings (SSSR count). The molecule has 1 fully saturated rings. The molecule has 3 aromatic rings. The van der Waals surface area contributed by atoms with Crippen LogP contribution in [-0.4, -0.2) is 104 Å². The highest BCUT2D eigenvalue weighted by molar-refractivity contribution is 7.13. The van der Waals surface area contributed by atoms with Crippen LogP contribution in [0.2, 0.25) is 0 Å². The second-order valence-electron chi connectivity index (χ2n) is 11.8. The monoisotopic (exact) mass is 709 g/mol. The van der Waals surface area contributed by atoms with Gasteiger partial charge in [-0.3, -0.25) is 9.59 Å². The van der Waals surface area contributed by atoms with Crippen molar-refractivity contribution in [2.45, 2.75) is 58.2 Å². The number of likely N-dealkylation sites (N-methyl/N-ethyl adjacent to an activating group) is 1. The first-order chi connectivity index (χ1) is 22.6. The van der Waals surface area contributed by atoms with E-state index in [0.29, 0.717) is 37.9 Å². The maximum absolute atomic E-state index is 14.0. The van der Waals surface area contributed by atoms with Crippen molar-refractivity contribution in [3.63, 3.8) is 0 Å². The van der Waals surface area contributed by atoms with Crippen molar-refractivity contribution in [1.82, 2.24) is 25.7 Å². The fourth-order valence-corrected chi connectivity index (χ4v) is 6.39. The molecule has 0 saturated carbocycles. The van der Waals surface area contributed by atoms with Crippen molar-refractivity contribution in [2.24, 2.45) is 5.92 Å². The fraction of sp³-hybridized carbons (Fsp3) is 0.576.